The monoisotopic (exact) mass is 345 g/mol. The van der Waals surface area contributed by atoms with Gasteiger partial charge in [0.2, 0.25) is 0 Å². The predicted molar refractivity (Wildman–Crippen MR) is 111 cm³/mol. The molecule has 1 nitrogen and oxygen atoms in total. The van der Waals surface area contributed by atoms with Gasteiger partial charge in [-0.1, -0.05) is 49.2 Å². The topological polar surface area (TPSA) is 12.9 Å². The van der Waals surface area contributed by atoms with Crippen molar-refractivity contribution in [3.63, 3.8) is 0 Å². The first kappa shape index (κ1) is 16.3. The molecule has 2 heteroatoms. The number of thiophene rings is 1. The number of rotatable bonds is 3. The Bertz CT molecular complexity index is 1050. The van der Waals surface area contributed by atoms with Crippen molar-refractivity contribution >= 4 is 31.5 Å². The molecule has 2 heterocycles. The van der Waals surface area contributed by atoms with E-state index in [9.17, 15) is 0 Å². The first-order chi connectivity index (χ1) is 12.0. The highest BCUT2D eigenvalue weighted by Gasteiger charge is 2.14. The molecule has 0 aliphatic carbocycles. The van der Waals surface area contributed by atoms with E-state index in [-0.39, 0.29) is 0 Å². The van der Waals surface area contributed by atoms with Crippen LogP contribution >= 0.6 is 11.3 Å². The zero-order valence-corrected chi connectivity index (χ0v) is 16.1. The Kier molecular flexibility index (Phi) is 4.09. The molecular formula is C23H23NS. The van der Waals surface area contributed by atoms with Gasteiger partial charge in [-0.25, -0.2) is 0 Å². The van der Waals surface area contributed by atoms with E-state index >= 15 is 0 Å². The average molecular weight is 346 g/mol. The molecule has 0 radical (unpaired) electrons. The Morgan fingerprint density at radius 1 is 0.920 bits per heavy atom. The Balaban J connectivity index is 2.01. The fraction of sp³-hybridized carbons (Fsp3) is 0.261. The van der Waals surface area contributed by atoms with Gasteiger partial charge in [0.05, 0.1) is 10.4 Å². The van der Waals surface area contributed by atoms with Gasteiger partial charge in [-0.3, -0.25) is 4.98 Å². The summed E-state index contributed by atoms with van der Waals surface area (Å²) in [7, 11) is 0. The van der Waals surface area contributed by atoms with Gasteiger partial charge in [0.1, 0.15) is 0 Å². The largest absolute Gasteiger partial charge is 0.255 e. The van der Waals surface area contributed by atoms with Crippen molar-refractivity contribution < 1.29 is 0 Å². The Morgan fingerprint density at radius 3 is 2.36 bits per heavy atom. The van der Waals surface area contributed by atoms with Crippen LogP contribution in [-0.2, 0) is 6.42 Å². The van der Waals surface area contributed by atoms with Crippen molar-refractivity contribution in [3.8, 4) is 11.3 Å². The minimum absolute atomic E-state index is 0.660. The number of hydrogen-bond donors (Lipinski definition) is 0. The Labute approximate surface area is 153 Å². The fourth-order valence-corrected chi connectivity index (χ4v) is 5.03. The zero-order valence-electron chi connectivity index (χ0n) is 15.3. The van der Waals surface area contributed by atoms with Crippen LogP contribution < -0.4 is 0 Å². The summed E-state index contributed by atoms with van der Waals surface area (Å²) in [5.41, 5.74) is 6.37. The minimum Gasteiger partial charge on any atom is -0.255 e. The first-order valence-electron chi connectivity index (χ1n) is 8.90. The molecule has 0 saturated carbocycles. The van der Waals surface area contributed by atoms with E-state index < -0.39 is 0 Å². The molecule has 0 fully saturated rings. The van der Waals surface area contributed by atoms with Crippen molar-refractivity contribution in [1.82, 2.24) is 4.98 Å². The maximum atomic E-state index is 4.76. The van der Waals surface area contributed by atoms with E-state index in [1.54, 1.807) is 0 Å². The number of pyridine rings is 1. The lowest BCUT2D eigenvalue weighted by atomic mass is 10.00. The molecule has 4 aromatic rings. The molecule has 0 atom stereocenters. The highest BCUT2D eigenvalue weighted by molar-refractivity contribution is 7.26. The van der Waals surface area contributed by atoms with Gasteiger partial charge < -0.3 is 0 Å². The molecule has 0 aliphatic heterocycles. The summed E-state index contributed by atoms with van der Waals surface area (Å²) in [4.78, 5) is 4.76. The molecule has 2 aromatic heterocycles. The number of hydrogen-bond acceptors (Lipinski definition) is 2. The van der Waals surface area contributed by atoms with E-state index in [4.69, 9.17) is 4.98 Å². The number of benzene rings is 2. The summed E-state index contributed by atoms with van der Waals surface area (Å²) >= 11 is 1.90. The molecule has 4 rings (SSSR count). The number of aryl methyl sites for hydroxylation is 2. The summed E-state index contributed by atoms with van der Waals surface area (Å²) in [6.07, 6.45) is 3.08. The minimum atomic E-state index is 0.660. The van der Waals surface area contributed by atoms with E-state index in [1.807, 2.05) is 17.5 Å². The molecule has 0 amide bonds. The quantitative estimate of drug-likeness (QED) is 0.392. The summed E-state index contributed by atoms with van der Waals surface area (Å²) < 4.78 is 2.73. The van der Waals surface area contributed by atoms with Crippen LogP contribution in [0.1, 0.15) is 30.5 Å². The van der Waals surface area contributed by atoms with Crippen molar-refractivity contribution in [3.05, 3.63) is 65.4 Å². The molecule has 0 bridgehead atoms. The lowest BCUT2D eigenvalue weighted by Crippen LogP contribution is -1.93. The number of fused-ring (bicyclic) bond motifs is 3. The van der Waals surface area contributed by atoms with Crippen LogP contribution in [0.15, 0.2) is 48.7 Å². The normalized spacial score (nSPS) is 11.7. The molecule has 25 heavy (non-hydrogen) atoms. The van der Waals surface area contributed by atoms with E-state index in [0.29, 0.717) is 5.92 Å². The van der Waals surface area contributed by atoms with Crippen LogP contribution in [-0.4, -0.2) is 4.98 Å². The molecule has 0 N–H and O–H groups in total. The third kappa shape index (κ3) is 2.96. The van der Waals surface area contributed by atoms with Crippen LogP contribution in [0.4, 0.5) is 0 Å². The molecular weight excluding hydrogens is 322 g/mol. The summed E-state index contributed by atoms with van der Waals surface area (Å²) in [6, 6.07) is 15.6. The second-order valence-electron chi connectivity index (χ2n) is 7.41. The maximum absolute atomic E-state index is 4.76. The molecule has 0 unspecified atom stereocenters. The summed E-state index contributed by atoms with van der Waals surface area (Å²) in [5.74, 6) is 0.660. The van der Waals surface area contributed by atoms with Gasteiger partial charge in [-0.05, 0) is 49.9 Å². The summed E-state index contributed by atoms with van der Waals surface area (Å²) in [5, 5.41) is 2.70. The first-order valence-corrected chi connectivity index (χ1v) is 9.72. The van der Waals surface area contributed by atoms with Gasteiger partial charge in [0.15, 0.2) is 0 Å². The molecule has 0 aliphatic rings. The lowest BCUT2D eigenvalue weighted by Gasteiger charge is -2.05. The van der Waals surface area contributed by atoms with E-state index in [1.165, 1.54) is 42.4 Å². The van der Waals surface area contributed by atoms with Crippen LogP contribution in [0.2, 0.25) is 0 Å². The Hall–Kier alpha value is -2.19. The standard InChI is InChI=1S/C23H23NS/c1-14(2)10-17-6-5-7-19-20-8-9-24-21(23(20)25-22(17)19)18-12-15(3)11-16(4)13-18/h5-9,11-14H,10H2,1-4H3. The number of nitrogens with zero attached hydrogens (tertiary/aromatic N) is 1. The molecule has 2 aromatic carbocycles. The average Bonchev–Trinajstić information content (AvgIpc) is 2.93. The van der Waals surface area contributed by atoms with E-state index in [0.717, 1.165) is 12.1 Å². The zero-order chi connectivity index (χ0) is 17.6. The molecule has 0 spiro atoms. The van der Waals surface area contributed by atoms with Gasteiger partial charge in [0.25, 0.3) is 0 Å². The van der Waals surface area contributed by atoms with Crippen molar-refractivity contribution in [2.75, 3.05) is 0 Å². The number of aromatic nitrogens is 1. The van der Waals surface area contributed by atoms with Crippen LogP contribution in [0, 0.1) is 19.8 Å². The lowest BCUT2D eigenvalue weighted by molar-refractivity contribution is 0.650. The smallest absolute Gasteiger partial charge is 0.0880 e. The van der Waals surface area contributed by atoms with Gasteiger partial charge in [-0.15, -0.1) is 11.3 Å². The third-order valence-corrected chi connectivity index (χ3v) is 5.92. The Morgan fingerprint density at radius 2 is 1.64 bits per heavy atom. The van der Waals surface area contributed by atoms with Crippen molar-refractivity contribution in [1.29, 1.82) is 0 Å². The highest BCUT2D eigenvalue weighted by Crippen LogP contribution is 2.40. The van der Waals surface area contributed by atoms with Crippen molar-refractivity contribution in [2.45, 2.75) is 34.1 Å². The van der Waals surface area contributed by atoms with Crippen LogP contribution in [0.25, 0.3) is 31.4 Å². The highest BCUT2D eigenvalue weighted by atomic mass is 32.1. The van der Waals surface area contributed by atoms with Gasteiger partial charge >= 0.3 is 0 Å². The van der Waals surface area contributed by atoms with Gasteiger partial charge in [0, 0.05) is 27.2 Å². The van der Waals surface area contributed by atoms with Crippen LogP contribution in [0.3, 0.4) is 0 Å². The second kappa shape index (κ2) is 6.27. The van der Waals surface area contributed by atoms with Crippen LogP contribution in [0.5, 0.6) is 0 Å². The fourth-order valence-electron chi connectivity index (χ4n) is 3.70. The second-order valence-corrected chi connectivity index (χ2v) is 8.43. The maximum Gasteiger partial charge on any atom is 0.0880 e. The molecule has 126 valence electrons. The van der Waals surface area contributed by atoms with E-state index in [2.05, 4.69) is 70.2 Å². The van der Waals surface area contributed by atoms with Gasteiger partial charge in [-0.2, -0.15) is 0 Å². The summed E-state index contributed by atoms with van der Waals surface area (Å²) in [6.45, 7) is 8.88. The third-order valence-electron chi connectivity index (χ3n) is 4.62. The SMILES string of the molecule is Cc1cc(C)cc(-c2nccc3c2sc2c(CC(C)C)cccc23)c1. The molecule has 0 saturated heterocycles. The van der Waals surface area contributed by atoms with Crippen molar-refractivity contribution in [2.24, 2.45) is 5.92 Å². The predicted octanol–water partition coefficient (Wildman–Crippen LogP) is 6.93.